The van der Waals surface area contributed by atoms with Crippen LogP contribution in [0.4, 0.5) is 5.69 Å². The number of rotatable bonds is 4. The van der Waals surface area contributed by atoms with Crippen molar-refractivity contribution >= 4 is 16.9 Å². The van der Waals surface area contributed by atoms with Crippen LogP contribution in [0.1, 0.15) is 5.82 Å². The number of hydrogen-bond donors (Lipinski definition) is 1. The Balaban J connectivity index is 1.68. The minimum atomic E-state index is 0.571. The second-order valence-electron chi connectivity index (χ2n) is 4.60. The second kappa shape index (κ2) is 5.21. The summed E-state index contributed by atoms with van der Waals surface area (Å²) in [7, 11) is 1.97. The molecular weight excluding hydrogens is 252 g/mol. The lowest BCUT2D eigenvalue weighted by Crippen LogP contribution is -2.06. The van der Waals surface area contributed by atoms with E-state index in [9.17, 15) is 0 Å². The molecule has 0 atom stereocenters. The van der Waals surface area contributed by atoms with Gasteiger partial charge in [-0.3, -0.25) is 0 Å². The van der Waals surface area contributed by atoms with Gasteiger partial charge in [-0.15, -0.1) is 0 Å². The van der Waals surface area contributed by atoms with Gasteiger partial charge in [-0.05, 0) is 36.4 Å². The van der Waals surface area contributed by atoms with Crippen LogP contribution < -0.4 is 10.5 Å². The number of imidazole rings is 1. The van der Waals surface area contributed by atoms with Gasteiger partial charge in [0.1, 0.15) is 17.1 Å². The van der Waals surface area contributed by atoms with Gasteiger partial charge in [-0.2, -0.15) is 0 Å². The minimum Gasteiger partial charge on any atom is -0.493 e. The predicted octanol–water partition coefficient (Wildman–Crippen LogP) is 2.17. The highest BCUT2D eigenvalue weighted by Gasteiger charge is 2.07. The quantitative estimate of drug-likeness (QED) is 0.736. The van der Waals surface area contributed by atoms with Crippen molar-refractivity contribution in [1.29, 1.82) is 0 Å². The number of nitrogen functional groups attached to an aromatic ring is 1. The van der Waals surface area contributed by atoms with Gasteiger partial charge in [0.2, 0.25) is 0 Å². The Bertz CT molecular complexity index is 718. The molecule has 0 amide bonds. The van der Waals surface area contributed by atoms with Crippen molar-refractivity contribution in [3.05, 3.63) is 48.4 Å². The number of aryl methyl sites for hydroxylation is 1. The summed E-state index contributed by atoms with van der Waals surface area (Å²) in [6.45, 7) is 0.571. The van der Waals surface area contributed by atoms with Crippen LogP contribution in [0.5, 0.6) is 5.75 Å². The molecule has 5 nitrogen and oxygen atoms in total. The molecule has 0 saturated carbocycles. The second-order valence-corrected chi connectivity index (χ2v) is 4.60. The standard InChI is InChI=1S/C15H16N4O/c1-19-14(18-13-3-2-9-17-15(13)19)8-10-20-12-6-4-11(16)5-7-12/h2-7,9H,8,10,16H2,1H3. The van der Waals surface area contributed by atoms with E-state index < -0.39 is 0 Å². The van der Waals surface area contributed by atoms with Crippen LogP contribution in [0, 0.1) is 0 Å². The Morgan fingerprint density at radius 2 is 2.00 bits per heavy atom. The Labute approximate surface area is 117 Å². The van der Waals surface area contributed by atoms with E-state index in [4.69, 9.17) is 10.5 Å². The average Bonchev–Trinajstić information content (AvgIpc) is 2.78. The highest BCUT2D eigenvalue weighted by atomic mass is 16.5. The molecule has 2 N–H and O–H groups in total. The molecular formula is C15H16N4O. The first-order chi connectivity index (χ1) is 9.74. The van der Waals surface area contributed by atoms with Gasteiger partial charge in [0, 0.05) is 25.4 Å². The van der Waals surface area contributed by atoms with Crippen molar-refractivity contribution in [3.63, 3.8) is 0 Å². The van der Waals surface area contributed by atoms with Crippen molar-refractivity contribution < 1.29 is 4.74 Å². The zero-order chi connectivity index (χ0) is 13.9. The van der Waals surface area contributed by atoms with E-state index in [-0.39, 0.29) is 0 Å². The lowest BCUT2D eigenvalue weighted by molar-refractivity contribution is 0.318. The highest BCUT2D eigenvalue weighted by molar-refractivity contribution is 5.70. The van der Waals surface area contributed by atoms with E-state index >= 15 is 0 Å². The van der Waals surface area contributed by atoms with E-state index in [2.05, 4.69) is 9.97 Å². The normalized spacial score (nSPS) is 10.8. The molecule has 0 spiro atoms. The molecule has 3 aromatic rings. The fraction of sp³-hybridized carbons (Fsp3) is 0.200. The van der Waals surface area contributed by atoms with Crippen molar-refractivity contribution in [2.75, 3.05) is 12.3 Å². The Hall–Kier alpha value is -2.56. The number of benzene rings is 1. The van der Waals surface area contributed by atoms with Gasteiger partial charge in [-0.25, -0.2) is 9.97 Å². The van der Waals surface area contributed by atoms with Crippen molar-refractivity contribution in [3.8, 4) is 5.75 Å². The topological polar surface area (TPSA) is 66.0 Å². The van der Waals surface area contributed by atoms with Gasteiger partial charge in [-0.1, -0.05) is 0 Å². The van der Waals surface area contributed by atoms with Gasteiger partial charge >= 0.3 is 0 Å². The molecule has 20 heavy (non-hydrogen) atoms. The molecule has 0 fully saturated rings. The first kappa shape index (κ1) is 12.5. The van der Waals surface area contributed by atoms with Crippen LogP contribution in [0.3, 0.4) is 0 Å². The van der Waals surface area contributed by atoms with Crippen LogP contribution in [0.25, 0.3) is 11.2 Å². The number of nitrogens with zero attached hydrogens (tertiary/aromatic N) is 3. The summed E-state index contributed by atoms with van der Waals surface area (Å²) >= 11 is 0. The molecule has 102 valence electrons. The monoisotopic (exact) mass is 268 g/mol. The van der Waals surface area contributed by atoms with E-state index in [0.717, 1.165) is 34.8 Å². The average molecular weight is 268 g/mol. The van der Waals surface area contributed by atoms with E-state index in [1.165, 1.54) is 0 Å². The zero-order valence-corrected chi connectivity index (χ0v) is 11.3. The molecule has 0 aliphatic rings. The van der Waals surface area contributed by atoms with Gasteiger partial charge in [0.15, 0.2) is 5.65 Å². The molecule has 3 rings (SSSR count). The fourth-order valence-corrected chi connectivity index (χ4v) is 2.12. The number of ether oxygens (including phenoxy) is 1. The summed E-state index contributed by atoms with van der Waals surface area (Å²) in [5, 5.41) is 0. The maximum atomic E-state index is 5.69. The Kier molecular flexibility index (Phi) is 3.25. The maximum absolute atomic E-state index is 5.69. The summed E-state index contributed by atoms with van der Waals surface area (Å²) in [6.07, 6.45) is 2.51. The van der Waals surface area contributed by atoms with E-state index in [0.29, 0.717) is 6.61 Å². The number of fused-ring (bicyclic) bond motifs is 1. The summed E-state index contributed by atoms with van der Waals surface area (Å²) in [5.74, 6) is 1.78. The van der Waals surface area contributed by atoms with Crippen LogP contribution in [-0.2, 0) is 13.5 Å². The molecule has 2 aromatic heterocycles. The predicted molar refractivity (Wildman–Crippen MR) is 78.6 cm³/mol. The van der Waals surface area contributed by atoms with Gasteiger partial charge in [0.05, 0.1) is 6.61 Å². The number of nitrogens with two attached hydrogens (primary N) is 1. The maximum Gasteiger partial charge on any atom is 0.159 e. The third kappa shape index (κ3) is 2.42. The minimum absolute atomic E-state index is 0.571. The lowest BCUT2D eigenvalue weighted by atomic mass is 10.3. The van der Waals surface area contributed by atoms with Crippen molar-refractivity contribution in [2.24, 2.45) is 7.05 Å². The van der Waals surface area contributed by atoms with Gasteiger partial charge in [0.25, 0.3) is 0 Å². The first-order valence-corrected chi connectivity index (χ1v) is 6.49. The Morgan fingerprint density at radius 1 is 1.20 bits per heavy atom. The van der Waals surface area contributed by atoms with E-state index in [1.807, 2.05) is 48.0 Å². The molecule has 0 bridgehead atoms. The first-order valence-electron chi connectivity index (χ1n) is 6.49. The highest BCUT2D eigenvalue weighted by Crippen LogP contribution is 2.15. The summed E-state index contributed by atoms with van der Waals surface area (Å²) in [5.41, 5.74) is 8.18. The van der Waals surface area contributed by atoms with Crippen molar-refractivity contribution in [1.82, 2.24) is 14.5 Å². The molecule has 2 heterocycles. The van der Waals surface area contributed by atoms with Crippen LogP contribution in [0.2, 0.25) is 0 Å². The Morgan fingerprint density at radius 3 is 2.75 bits per heavy atom. The molecule has 0 radical (unpaired) electrons. The van der Waals surface area contributed by atoms with Crippen LogP contribution >= 0.6 is 0 Å². The number of anilines is 1. The number of aromatic nitrogens is 3. The summed E-state index contributed by atoms with van der Waals surface area (Å²) in [4.78, 5) is 8.88. The fourth-order valence-electron chi connectivity index (χ4n) is 2.12. The zero-order valence-electron chi connectivity index (χ0n) is 11.3. The smallest absolute Gasteiger partial charge is 0.159 e. The molecule has 0 aliphatic carbocycles. The third-order valence-electron chi connectivity index (χ3n) is 3.19. The molecule has 0 unspecified atom stereocenters. The largest absolute Gasteiger partial charge is 0.493 e. The van der Waals surface area contributed by atoms with E-state index in [1.54, 1.807) is 6.20 Å². The SMILES string of the molecule is Cn1c(CCOc2ccc(N)cc2)nc2cccnc21. The molecule has 1 aromatic carbocycles. The van der Waals surface area contributed by atoms with Crippen molar-refractivity contribution in [2.45, 2.75) is 6.42 Å². The molecule has 0 saturated heterocycles. The third-order valence-corrected chi connectivity index (χ3v) is 3.19. The van der Waals surface area contributed by atoms with Crippen LogP contribution in [-0.4, -0.2) is 21.1 Å². The van der Waals surface area contributed by atoms with Crippen LogP contribution in [0.15, 0.2) is 42.6 Å². The lowest BCUT2D eigenvalue weighted by Gasteiger charge is -2.06. The summed E-state index contributed by atoms with van der Waals surface area (Å²) in [6, 6.07) is 11.2. The molecule has 5 heteroatoms. The summed E-state index contributed by atoms with van der Waals surface area (Å²) < 4.78 is 7.69. The van der Waals surface area contributed by atoms with Gasteiger partial charge < -0.3 is 15.0 Å². The number of pyridine rings is 1. The number of hydrogen-bond acceptors (Lipinski definition) is 4. The molecule has 0 aliphatic heterocycles.